The molecule has 3 N–H and O–H groups in total. The van der Waals surface area contributed by atoms with E-state index in [0.717, 1.165) is 5.56 Å². The number of nitrogens with two attached hydrogens (primary N) is 1. The van der Waals surface area contributed by atoms with Gasteiger partial charge in [0.2, 0.25) is 5.91 Å². The number of benzene rings is 1. The number of ether oxygens (including phenoxy) is 1. The predicted molar refractivity (Wildman–Crippen MR) is 76.4 cm³/mol. The van der Waals surface area contributed by atoms with E-state index >= 15 is 0 Å². The Morgan fingerprint density at radius 3 is 2.67 bits per heavy atom. The lowest BCUT2D eigenvalue weighted by molar-refractivity contribution is -0.148. The fraction of sp³-hybridized carbons (Fsp3) is 0.467. The second-order valence-electron chi connectivity index (χ2n) is 5.29. The van der Waals surface area contributed by atoms with Crippen molar-refractivity contribution in [1.82, 2.24) is 4.90 Å². The first-order chi connectivity index (χ1) is 9.99. The maximum absolute atomic E-state index is 12.0. The maximum atomic E-state index is 12.0. The molecule has 0 saturated carbocycles. The van der Waals surface area contributed by atoms with Crippen LogP contribution in [0.3, 0.4) is 0 Å². The van der Waals surface area contributed by atoms with E-state index in [-0.39, 0.29) is 18.6 Å². The number of carboxylic acid groups (broad SMARTS) is 1. The van der Waals surface area contributed by atoms with Crippen molar-refractivity contribution in [3.05, 3.63) is 35.9 Å². The number of carboxylic acids is 1. The third kappa shape index (κ3) is 3.80. The van der Waals surface area contributed by atoms with E-state index in [1.165, 1.54) is 4.90 Å². The molecule has 1 amide bonds. The number of carbonyl (C=O) groups is 2. The first-order valence-electron chi connectivity index (χ1n) is 6.93. The second kappa shape index (κ2) is 6.69. The second-order valence-corrected chi connectivity index (χ2v) is 5.29. The summed E-state index contributed by atoms with van der Waals surface area (Å²) in [4.78, 5) is 24.5. The summed E-state index contributed by atoms with van der Waals surface area (Å²) in [6.07, 6.45) is 0.00896. The molecule has 3 atom stereocenters. The van der Waals surface area contributed by atoms with Crippen LogP contribution in [-0.4, -0.2) is 46.6 Å². The van der Waals surface area contributed by atoms with E-state index in [1.807, 2.05) is 30.3 Å². The van der Waals surface area contributed by atoms with Crippen molar-refractivity contribution in [3.63, 3.8) is 0 Å². The molecule has 6 heteroatoms. The summed E-state index contributed by atoms with van der Waals surface area (Å²) in [7, 11) is 0. The van der Waals surface area contributed by atoms with Gasteiger partial charge in [0.15, 0.2) is 0 Å². The molecule has 1 fully saturated rings. The zero-order chi connectivity index (χ0) is 15.4. The van der Waals surface area contributed by atoms with E-state index in [1.54, 1.807) is 6.92 Å². The Balaban J connectivity index is 1.97. The van der Waals surface area contributed by atoms with Crippen molar-refractivity contribution in [2.75, 3.05) is 6.54 Å². The molecule has 1 saturated heterocycles. The van der Waals surface area contributed by atoms with Gasteiger partial charge in [0.05, 0.1) is 18.8 Å². The summed E-state index contributed by atoms with van der Waals surface area (Å²) >= 11 is 0. The van der Waals surface area contributed by atoms with E-state index in [0.29, 0.717) is 13.0 Å². The smallest absolute Gasteiger partial charge is 0.326 e. The van der Waals surface area contributed by atoms with Crippen molar-refractivity contribution in [1.29, 1.82) is 0 Å². The predicted octanol–water partition coefficient (Wildman–Crippen LogP) is 0.604. The molecule has 2 rings (SSSR count). The van der Waals surface area contributed by atoms with Gasteiger partial charge in [-0.3, -0.25) is 4.79 Å². The van der Waals surface area contributed by atoms with Gasteiger partial charge in [0, 0.05) is 13.0 Å². The lowest BCUT2D eigenvalue weighted by Gasteiger charge is -2.23. The van der Waals surface area contributed by atoms with Gasteiger partial charge in [-0.25, -0.2) is 4.79 Å². The van der Waals surface area contributed by atoms with Crippen LogP contribution in [0.25, 0.3) is 0 Å². The quantitative estimate of drug-likeness (QED) is 0.829. The maximum Gasteiger partial charge on any atom is 0.326 e. The number of amides is 1. The summed E-state index contributed by atoms with van der Waals surface area (Å²) in [5, 5.41) is 9.23. The number of nitrogens with zero attached hydrogens (tertiary/aromatic N) is 1. The van der Waals surface area contributed by atoms with Gasteiger partial charge in [0.1, 0.15) is 6.04 Å². The molecule has 1 aromatic carbocycles. The molecule has 0 radical (unpaired) electrons. The Labute approximate surface area is 123 Å². The molecule has 1 aliphatic rings. The summed E-state index contributed by atoms with van der Waals surface area (Å²) in [6, 6.07) is 8.06. The highest BCUT2D eigenvalue weighted by molar-refractivity contribution is 5.87. The average Bonchev–Trinajstić information content (AvgIpc) is 2.89. The minimum absolute atomic E-state index is 0.268. The van der Waals surface area contributed by atoms with E-state index in [9.17, 15) is 14.7 Å². The summed E-state index contributed by atoms with van der Waals surface area (Å²) < 4.78 is 5.73. The Bertz CT molecular complexity index is 504. The Morgan fingerprint density at radius 2 is 2.10 bits per heavy atom. The van der Waals surface area contributed by atoms with Crippen LogP contribution in [-0.2, 0) is 20.9 Å². The van der Waals surface area contributed by atoms with Gasteiger partial charge in [-0.05, 0) is 12.5 Å². The Morgan fingerprint density at radius 1 is 1.43 bits per heavy atom. The van der Waals surface area contributed by atoms with E-state index in [2.05, 4.69) is 0 Å². The highest BCUT2D eigenvalue weighted by Crippen LogP contribution is 2.22. The van der Waals surface area contributed by atoms with Crippen molar-refractivity contribution in [3.8, 4) is 0 Å². The minimum Gasteiger partial charge on any atom is -0.480 e. The molecule has 0 bridgehead atoms. The third-order valence-corrected chi connectivity index (χ3v) is 3.55. The van der Waals surface area contributed by atoms with Gasteiger partial charge in [-0.1, -0.05) is 30.3 Å². The summed E-state index contributed by atoms with van der Waals surface area (Å²) in [6.45, 7) is 2.22. The Kier molecular flexibility index (Phi) is 4.93. The van der Waals surface area contributed by atoms with Crippen molar-refractivity contribution < 1.29 is 19.4 Å². The highest BCUT2D eigenvalue weighted by atomic mass is 16.5. The first-order valence-corrected chi connectivity index (χ1v) is 6.93. The van der Waals surface area contributed by atoms with Crippen LogP contribution < -0.4 is 5.73 Å². The standard InChI is InChI=1S/C15H20N2O4/c1-10(16)14(18)17-8-12(7-13(17)15(19)20)21-9-11-5-3-2-4-6-11/h2-6,10,12-13H,7-9,16H2,1H3,(H,19,20)/t10-,12?,13-/m0/s1. The van der Waals surface area contributed by atoms with Crippen LogP contribution in [0.4, 0.5) is 0 Å². The van der Waals surface area contributed by atoms with E-state index in [4.69, 9.17) is 10.5 Å². The number of carbonyl (C=O) groups excluding carboxylic acids is 1. The minimum atomic E-state index is -1.02. The van der Waals surface area contributed by atoms with Gasteiger partial charge < -0.3 is 20.5 Å². The lowest BCUT2D eigenvalue weighted by atomic mass is 10.2. The number of hydrogen-bond acceptors (Lipinski definition) is 4. The van der Waals surface area contributed by atoms with Crippen molar-refractivity contribution in [2.24, 2.45) is 5.73 Å². The number of hydrogen-bond donors (Lipinski definition) is 2. The van der Waals surface area contributed by atoms with Crippen LogP contribution in [0.2, 0.25) is 0 Å². The van der Waals surface area contributed by atoms with Gasteiger partial charge in [-0.2, -0.15) is 0 Å². The SMILES string of the molecule is C[C@H](N)C(=O)N1CC(OCc2ccccc2)C[C@H]1C(=O)O. The monoisotopic (exact) mass is 292 g/mol. The average molecular weight is 292 g/mol. The van der Waals surface area contributed by atoms with Gasteiger partial charge in [-0.15, -0.1) is 0 Å². The molecule has 0 spiro atoms. The largest absolute Gasteiger partial charge is 0.480 e. The third-order valence-electron chi connectivity index (χ3n) is 3.55. The molecule has 1 aliphatic heterocycles. The van der Waals surface area contributed by atoms with Gasteiger partial charge in [0.25, 0.3) is 0 Å². The summed E-state index contributed by atoms with van der Waals surface area (Å²) in [5.41, 5.74) is 6.58. The molecule has 21 heavy (non-hydrogen) atoms. The van der Waals surface area contributed by atoms with Crippen LogP contribution in [0.15, 0.2) is 30.3 Å². The van der Waals surface area contributed by atoms with Gasteiger partial charge >= 0.3 is 5.97 Å². The lowest BCUT2D eigenvalue weighted by Crippen LogP contribution is -2.47. The number of rotatable bonds is 5. The fourth-order valence-electron chi connectivity index (χ4n) is 2.45. The first kappa shape index (κ1) is 15.5. The molecule has 0 aliphatic carbocycles. The molecule has 1 unspecified atom stereocenters. The van der Waals surface area contributed by atoms with Crippen LogP contribution in [0.5, 0.6) is 0 Å². The molecule has 1 aromatic rings. The van der Waals surface area contributed by atoms with E-state index < -0.39 is 18.1 Å². The highest BCUT2D eigenvalue weighted by Gasteiger charge is 2.40. The molecular formula is C15H20N2O4. The summed E-state index contributed by atoms with van der Waals surface area (Å²) in [5.74, 6) is -1.37. The van der Waals surface area contributed by atoms with Crippen molar-refractivity contribution >= 4 is 11.9 Å². The number of aliphatic carboxylic acids is 1. The zero-order valence-corrected chi connectivity index (χ0v) is 11.9. The van der Waals surface area contributed by atoms with Crippen molar-refractivity contribution in [2.45, 2.75) is 38.1 Å². The zero-order valence-electron chi connectivity index (χ0n) is 11.9. The Hall–Kier alpha value is -1.92. The fourth-order valence-corrected chi connectivity index (χ4v) is 2.45. The molecule has 0 aromatic heterocycles. The number of likely N-dealkylation sites (tertiary alicyclic amines) is 1. The van der Waals surface area contributed by atoms with Crippen LogP contribution >= 0.6 is 0 Å². The molecule has 114 valence electrons. The topological polar surface area (TPSA) is 92.9 Å². The molecule has 6 nitrogen and oxygen atoms in total. The molecule has 1 heterocycles. The normalized spacial score (nSPS) is 23.0. The molecular weight excluding hydrogens is 272 g/mol. The van der Waals surface area contributed by atoms with Crippen LogP contribution in [0.1, 0.15) is 18.9 Å². The van der Waals surface area contributed by atoms with Crippen LogP contribution in [0, 0.1) is 0 Å².